The number of hydrogen-bond acceptors (Lipinski definition) is 11. The molecule has 0 saturated carbocycles. The van der Waals surface area contributed by atoms with Crippen LogP contribution in [0.3, 0.4) is 0 Å². The highest BCUT2D eigenvalue weighted by Gasteiger charge is 1.98. The standard InChI is InChI=1S/C28H48INO11/c1-26(31)30-27-2-4-28(5-3-27)41-25-24-40-23-22-39-21-20-38-19-18-37-17-16-36-15-14-35-13-12-34-11-10-33-9-8-32-7-6-29/h2-5H,6-25H2,1H3,(H,30,31). The third-order valence-electron chi connectivity index (χ3n) is 4.87. The van der Waals surface area contributed by atoms with E-state index >= 15 is 0 Å². The first-order chi connectivity index (χ1) is 20.2. The van der Waals surface area contributed by atoms with E-state index in [4.69, 9.17) is 47.4 Å². The Morgan fingerprint density at radius 1 is 0.512 bits per heavy atom. The molecular formula is C28H48INO11. The van der Waals surface area contributed by atoms with Crippen LogP contribution < -0.4 is 10.1 Å². The van der Waals surface area contributed by atoms with Crippen molar-refractivity contribution >= 4 is 34.2 Å². The average molecular weight is 702 g/mol. The number of carbonyl (C=O) groups is 1. The van der Waals surface area contributed by atoms with Crippen LogP contribution in [0.5, 0.6) is 5.75 Å². The minimum Gasteiger partial charge on any atom is -0.491 e. The number of amides is 1. The van der Waals surface area contributed by atoms with Gasteiger partial charge in [-0.2, -0.15) is 0 Å². The van der Waals surface area contributed by atoms with Crippen molar-refractivity contribution in [2.45, 2.75) is 6.92 Å². The average Bonchev–Trinajstić information content (AvgIpc) is 2.97. The zero-order valence-electron chi connectivity index (χ0n) is 24.3. The second kappa shape index (κ2) is 30.3. The van der Waals surface area contributed by atoms with Crippen LogP contribution in [0.15, 0.2) is 24.3 Å². The predicted molar refractivity (Wildman–Crippen MR) is 162 cm³/mol. The number of carbonyl (C=O) groups excluding carboxylic acids is 1. The van der Waals surface area contributed by atoms with Gasteiger partial charge in [0, 0.05) is 17.0 Å². The molecule has 0 fully saturated rings. The normalized spacial score (nSPS) is 11.2. The molecule has 1 aromatic carbocycles. The summed E-state index contributed by atoms with van der Waals surface area (Å²) in [4.78, 5) is 11.0. The van der Waals surface area contributed by atoms with Crippen LogP contribution in [0.1, 0.15) is 6.92 Å². The van der Waals surface area contributed by atoms with E-state index in [-0.39, 0.29) is 5.91 Å². The van der Waals surface area contributed by atoms with Crippen molar-refractivity contribution < 1.29 is 52.2 Å². The highest BCUT2D eigenvalue weighted by molar-refractivity contribution is 14.1. The molecule has 0 atom stereocenters. The molecule has 1 N–H and O–H groups in total. The molecule has 0 aliphatic heterocycles. The summed E-state index contributed by atoms with van der Waals surface area (Å²) in [5.74, 6) is 0.614. The molecule has 0 aliphatic carbocycles. The van der Waals surface area contributed by atoms with Crippen LogP contribution >= 0.6 is 22.6 Å². The lowest BCUT2D eigenvalue weighted by molar-refractivity contribution is -0.114. The van der Waals surface area contributed by atoms with Crippen LogP contribution in [0.25, 0.3) is 0 Å². The predicted octanol–water partition coefficient (Wildman–Crippen LogP) is 2.61. The molecule has 1 aromatic rings. The van der Waals surface area contributed by atoms with Gasteiger partial charge in [-0.25, -0.2) is 0 Å². The lowest BCUT2D eigenvalue weighted by Gasteiger charge is -2.09. The zero-order chi connectivity index (χ0) is 29.5. The summed E-state index contributed by atoms with van der Waals surface area (Å²) in [6.07, 6.45) is 0. The second-order valence-electron chi connectivity index (χ2n) is 8.25. The summed E-state index contributed by atoms with van der Waals surface area (Å²) >= 11 is 2.28. The third-order valence-corrected chi connectivity index (χ3v) is 5.31. The summed E-state index contributed by atoms with van der Waals surface area (Å²) < 4.78 is 55.5. The Morgan fingerprint density at radius 2 is 0.805 bits per heavy atom. The van der Waals surface area contributed by atoms with Gasteiger partial charge in [-0.1, -0.05) is 22.6 Å². The SMILES string of the molecule is CC(=O)Nc1ccc(OCCOCCOCCOCCOCCOCCOCCOCCOCCOCCI)cc1. The molecule has 1 amide bonds. The maximum absolute atomic E-state index is 11.0. The van der Waals surface area contributed by atoms with Gasteiger partial charge in [0.15, 0.2) is 0 Å². The molecular weight excluding hydrogens is 653 g/mol. The molecule has 13 heteroatoms. The van der Waals surface area contributed by atoms with Crippen LogP contribution in [0.4, 0.5) is 5.69 Å². The Balaban J connectivity index is 1.68. The van der Waals surface area contributed by atoms with Crippen molar-refractivity contribution in [1.82, 2.24) is 0 Å². The number of alkyl halides is 1. The van der Waals surface area contributed by atoms with Gasteiger partial charge in [0.1, 0.15) is 12.4 Å². The van der Waals surface area contributed by atoms with Gasteiger partial charge in [0.2, 0.25) is 5.91 Å². The maximum atomic E-state index is 11.0. The van der Waals surface area contributed by atoms with Crippen molar-refractivity contribution in [2.75, 3.05) is 135 Å². The van der Waals surface area contributed by atoms with E-state index in [2.05, 4.69) is 27.9 Å². The molecule has 0 bridgehead atoms. The minimum absolute atomic E-state index is 0.106. The summed E-state index contributed by atoms with van der Waals surface area (Å²) in [7, 11) is 0. The monoisotopic (exact) mass is 701 g/mol. The smallest absolute Gasteiger partial charge is 0.221 e. The van der Waals surface area contributed by atoms with Gasteiger partial charge < -0.3 is 52.7 Å². The van der Waals surface area contributed by atoms with Crippen molar-refractivity contribution in [3.8, 4) is 5.75 Å². The summed E-state index contributed by atoms with van der Waals surface area (Å²) in [6.45, 7) is 11.6. The number of anilines is 1. The van der Waals surface area contributed by atoms with Gasteiger partial charge >= 0.3 is 0 Å². The first-order valence-electron chi connectivity index (χ1n) is 14.0. The molecule has 0 spiro atoms. The third kappa shape index (κ3) is 27.4. The number of rotatable bonds is 31. The van der Waals surface area contributed by atoms with E-state index in [1.54, 1.807) is 24.3 Å². The van der Waals surface area contributed by atoms with E-state index < -0.39 is 0 Å². The summed E-state index contributed by atoms with van der Waals surface area (Å²) in [5, 5.41) is 2.71. The van der Waals surface area contributed by atoms with Gasteiger partial charge in [-0.15, -0.1) is 0 Å². The maximum Gasteiger partial charge on any atom is 0.221 e. The van der Waals surface area contributed by atoms with E-state index in [0.29, 0.717) is 119 Å². The Labute approximate surface area is 258 Å². The number of nitrogens with one attached hydrogen (secondary N) is 1. The molecule has 0 unspecified atom stereocenters. The van der Waals surface area contributed by atoms with Crippen molar-refractivity contribution in [1.29, 1.82) is 0 Å². The highest BCUT2D eigenvalue weighted by atomic mass is 127. The second-order valence-corrected chi connectivity index (χ2v) is 9.33. The largest absolute Gasteiger partial charge is 0.491 e. The molecule has 0 aromatic heterocycles. The topological polar surface area (TPSA) is 121 Å². The number of benzene rings is 1. The Morgan fingerprint density at radius 3 is 1.10 bits per heavy atom. The van der Waals surface area contributed by atoms with E-state index in [9.17, 15) is 4.79 Å². The zero-order valence-corrected chi connectivity index (χ0v) is 26.5. The van der Waals surface area contributed by atoms with E-state index in [0.717, 1.165) is 22.5 Å². The molecule has 0 aliphatic rings. The van der Waals surface area contributed by atoms with Crippen molar-refractivity contribution in [2.24, 2.45) is 0 Å². The number of ether oxygens (including phenoxy) is 10. The van der Waals surface area contributed by atoms with Crippen LogP contribution in [-0.2, 0) is 47.4 Å². The van der Waals surface area contributed by atoms with Crippen LogP contribution in [0, 0.1) is 0 Å². The van der Waals surface area contributed by atoms with Gasteiger partial charge in [-0.3, -0.25) is 4.79 Å². The summed E-state index contributed by atoms with van der Waals surface area (Å²) in [5.41, 5.74) is 0.734. The Kier molecular flexibility index (Phi) is 28.0. The van der Waals surface area contributed by atoms with Gasteiger partial charge in [-0.05, 0) is 24.3 Å². The lowest BCUT2D eigenvalue weighted by Crippen LogP contribution is -2.15. The molecule has 12 nitrogen and oxygen atoms in total. The quantitative estimate of drug-likeness (QED) is 0.0699. The molecule has 0 saturated heterocycles. The number of hydrogen-bond donors (Lipinski definition) is 1. The highest BCUT2D eigenvalue weighted by Crippen LogP contribution is 2.15. The minimum atomic E-state index is -0.106. The van der Waals surface area contributed by atoms with Crippen molar-refractivity contribution in [3.63, 3.8) is 0 Å². The Hall–Kier alpha value is -1.14. The number of halogens is 1. The van der Waals surface area contributed by atoms with Crippen LogP contribution in [-0.4, -0.2) is 136 Å². The molecule has 238 valence electrons. The molecule has 1 rings (SSSR count). The van der Waals surface area contributed by atoms with Gasteiger partial charge in [0.05, 0.1) is 119 Å². The fourth-order valence-electron chi connectivity index (χ4n) is 2.97. The van der Waals surface area contributed by atoms with Crippen molar-refractivity contribution in [3.05, 3.63) is 24.3 Å². The Bertz CT molecular complexity index is 700. The lowest BCUT2D eigenvalue weighted by atomic mass is 10.3. The molecule has 41 heavy (non-hydrogen) atoms. The fourth-order valence-corrected chi connectivity index (χ4v) is 3.28. The molecule has 0 radical (unpaired) electrons. The van der Waals surface area contributed by atoms with E-state index in [1.165, 1.54) is 6.92 Å². The first-order valence-corrected chi connectivity index (χ1v) is 15.5. The van der Waals surface area contributed by atoms with Gasteiger partial charge in [0.25, 0.3) is 0 Å². The van der Waals surface area contributed by atoms with E-state index in [1.807, 2.05) is 0 Å². The van der Waals surface area contributed by atoms with Crippen LogP contribution in [0.2, 0.25) is 0 Å². The first kappa shape index (κ1) is 37.9. The summed E-state index contributed by atoms with van der Waals surface area (Å²) in [6, 6.07) is 7.18. The fraction of sp³-hybridized carbons (Fsp3) is 0.750. The molecule has 0 heterocycles.